The highest BCUT2D eigenvalue weighted by Gasteiger charge is 2.29. The molecular formula is C45H31N3O. The molecule has 2 heterocycles. The summed E-state index contributed by atoms with van der Waals surface area (Å²) in [6.07, 6.45) is -0.485. The van der Waals surface area contributed by atoms with E-state index in [2.05, 4.69) is 162 Å². The van der Waals surface area contributed by atoms with Crippen molar-refractivity contribution in [2.24, 2.45) is 4.99 Å². The van der Waals surface area contributed by atoms with Gasteiger partial charge in [-0.05, 0) is 61.6 Å². The zero-order valence-corrected chi connectivity index (χ0v) is 26.6. The summed E-state index contributed by atoms with van der Waals surface area (Å²) in [6.45, 7) is 0. The fourth-order valence-corrected chi connectivity index (χ4v) is 7.59. The number of rotatable bonds is 4. The molecule has 0 radical (unpaired) electrons. The van der Waals surface area contributed by atoms with E-state index in [1.807, 2.05) is 12.1 Å². The van der Waals surface area contributed by atoms with E-state index in [1.54, 1.807) is 0 Å². The maximum Gasteiger partial charge on any atom is 0.143 e. The summed E-state index contributed by atoms with van der Waals surface area (Å²) in [5.41, 5.74) is 7.27. The summed E-state index contributed by atoms with van der Waals surface area (Å²) in [4.78, 5) is 5.23. The Kier molecular flexibility index (Phi) is 6.36. The van der Waals surface area contributed by atoms with Crippen molar-refractivity contribution in [3.63, 3.8) is 0 Å². The second kappa shape index (κ2) is 11.2. The Labute approximate surface area is 283 Å². The van der Waals surface area contributed by atoms with Gasteiger partial charge >= 0.3 is 0 Å². The summed E-state index contributed by atoms with van der Waals surface area (Å²) < 4.78 is 6.82. The highest BCUT2D eigenvalue weighted by Crippen LogP contribution is 2.43. The first-order valence-corrected chi connectivity index (χ1v) is 16.8. The van der Waals surface area contributed by atoms with E-state index < -0.39 is 0 Å². The van der Waals surface area contributed by atoms with Crippen LogP contribution in [-0.2, 0) is 0 Å². The number of fused-ring (bicyclic) bond motifs is 7. The molecule has 8 aromatic carbocycles. The zero-order valence-electron chi connectivity index (χ0n) is 26.6. The second-order valence-corrected chi connectivity index (χ2v) is 12.8. The Balaban J connectivity index is 1.18. The Morgan fingerprint density at radius 2 is 1.20 bits per heavy atom. The lowest BCUT2D eigenvalue weighted by molar-refractivity contribution is 0.411. The van der Waals surface area contributed by atoms with Gasteiger partial charge in [0.1, 0.15) is 29.3 Å². The molecule has 10 rings (SSSR count). The molecule has 0 bridgehead atoms. The Morgan fingerprint density at radius 1 is 0.510 bits per heavy atom. The molecule has 2 atom stereocenters. The van der Waals surface area contributed by atoms with Crippen LogP contribution in [0.25, 0.3) is 65.4 Å². The van der Waals surface area contributed by atoms with Crippen molar-refractivity contribution in [3.8, 4) is 11.1 Å². The van der Waals surface area contributed by atoms with Crippen LogP contribution in [-0.4, -0.2) is 5.84 Å². The third-order valence-corrected chi connectivity index (χ3v) is 9.93. The summed E-state index contributed by atoms with van der Waals surface area (Å²) in [5, 5.41) is 17.1. The molecule has 49 heavy (non-hydrogen) atoms. The molecule has 232 valence electrons. The molecule has 0 saturated carbocycles. The number of amidine groups is 1. The van der Waals surface area contributed by atoms with Crippen LogP contribution < -0.4 is 10.6 Å². The van der Waals surface area contributed by atoms with Crippen LogP contribution in [0, 0.1) is 0 Å². The van der Waals surface area contributed by atoms with Gasteiger partial charge in [0.2, 0.25) is 0 Å². The molecule has 1 aromatic heterocycles. The van der Waals surface area contributed by atoms with Crippen LogP contribution in [0.15, 0.2) is 173 Å². The van der Waals surface area contributed by atoms with E-state index in [1.165, 1.54) is 32.3 Å². The molecule has 2 unspecified atom stereocenters. The lowest BCUT2D eigenvalue weighted by Gasteiger charge is -2.32. The van der Waals surface area contributed by atoms with Gasteiger partial charge in [-0.15, -0.1) is 0 Å². The Morgan fingerprint density at radius 3 is 2.06 bits per heavy atom. The molecule has 0 aliphatic carbocycles. The SMILES string of the molecule is c1ccc(C2N=C(c3ccc4ccccc4c3)NC(c3ccc(-c4cc5ccccc5c5ccccc45)c4oc5ccccc5c34)N2)cc1. The number of furan rings is 1. The van der Waals surface area contributed by atoms with Crippen molar-refractivity contribution in [3.05, 3.63) is 180 Å². The van der Waals surface area contributed by atoms with Crippen molar-refractivity contribution >= 4 is 60.1 Å². The fraction of sp³-hybridized carbons (Fsp3) is 0.0444. The smallest absolute Gasteiger partial charge is 0.143 e. The minimum absolute atomic E-state index is 0.241. The minimum Gasteiger partial charge on any atom is -0.455 e. The fourth-order valence-electron chi connectivity index (χ4n) is 7.59. The topological polar surface area (TPSA) is 49.6 Å². The third-order valence-electron chi connectivity index (χ3n) is 9.93. The molecule has 0 amide bonds. The minimum atomic E-state index is -0.244. The van der Waals surface area contributed by atoms with E-state index >= 15 is 0 Å². The van der Waals surface area contributed by atoms with Gasteiger partial charge in [-0.1, -0.05) is 146 Å². The van der Waals surface area contributed by atoms with E-state index in [-0.39, 0.29) is 12.3 Å². The van der Waals surface area contributed by atoms with Gasteiger partial charge in [0, 0.05) is 27.5 Å². The summed E-state index contributed by atoms with van der Waals surface area (Å²) >= 11 is 0. The first-order valence-electron chi connectivity index (χ1n) is 16.8. The van der Waals surface area contributed by atoms with Gasteiger partial charge in [0.05, 0.1) is 0 Å². The molecule has 0 fully saturated rings. The first-order chi connectivity index (χ1) is 24.3. The standard InChI is InChI=1S/C45H31N3O/c1-2-13-29(14-3-1)43-46-44(32-23-22-28-12-4-5-15-30(28)26-32)48-45(47-43)38-25-24-36(42-41(38)37-20-10-11-21-40(37)49-42)39-27-31-16-6-7-17-33(31)34-18-8-9-19-35(34)39/h1-27,43,45,47H,(H,46,48). The monoisotopic (exact) mass is 629 g/mol. The number of nitrogens with one attached hydrogen (secondary N) is 2. The maximum absolute atomic E-state index is 6.82. The molecular weight excluding hydrogens is 599 g/mol. The number of para-hydroxylation sites is 1. The highest BCUT2D eigenvalue weighted by molar-refractivity contribution is 6.18. The van der Waals surface area contributed by atoms with Crippen LogP contribution in [0.3, 0.4) is 0 Å². The average Bonchev–Trinajstić information content (AvgIpc) is 3.57. The van der Waals surface area contributed by atoms with Crippen LogP contribution in [0.5, 0.6) is 0 Å². The van der Waals surface area contributed by atoms with Crippen molar-refractivity contribution in [2.75, 3.05) is 0 Å². The normalized spacial score (nSPS) is 16.4. The number of benzene rings is 8. The Hall–Kier alpha value is -6.23. The maximum atomic E-state index is 6.82. The summed E-state index contributed by atoms with van der Waals surface area (Å²) in [6, 6.07) is 58.0. The van der Waals surface area contributed by atoms with Gasteiger partial charge in [-0.2, -0.15) is 0 Å². The van der Waals surface area contributed by atoms with Crippen LogP contribution >= 0.6 is 0 Å². The van der Waals surface area contributed by atoms with Crippen LogP contribution in [0.2, 0.25) is 0 Å². The van der Waals surface area contributed by atoms with Crippen molar-refractivity contribution in [1.29, 1.82) is 0 Å². The number of aliphatic imine (C=N–C) groups is 1. The molecule has 4 nitrogen and oxygen atoms in total. The number of hydrogen-bond donors (Lipinski definition) is 2. The van der Waals surface area contributed by atoms with E-state index in [0.717, 1.165) is 55.6 Å². The number of hydrogen-bond acceptors (Lipinski definition) is 4. The van der Waals surface area contributed by atoms with E-state index in [4.69, 9.17) is 9.41 Å². The van der Waals surface area contributed by atoms with E-state index in [9.17, 15) is 0 Å². The summed E-state index contributed by atoms with van der Waals surface area (Å²) in [7, 11) is 0. The number of nitrogens with zero attached hydrogens (tertiary/aromatic N) is 1. The van der Waals surface area contributed by atoms with Gasteiger partial charge in [-0.3, -0.25) is 5.32 Å². The molecule has 9 aromatic rings. The molecule has 1 aliphatic rings. The second-order valence-electron chi connectivity index (χ2n) is 12.8. The van der Waals surface area contributed by atoms with Gasteiger partial charge in [0.25, 0.3) is 0 Å². The predicted octanol–water partition coefficient (Wildman–Crippen LogP) is 11.0. The van der Waals surface area contributed by atoms with Crippen LogP contribution in [0.1, 0.15) is 29.0 Å². The third kappa shape index (κ3) is 4.61. The molecule has 0 saturated heterocycles. The predicted molar refractivity (Wildman–Crippen MR) is 203 cm³/mol. The van der Waals surface area contributed by atoms with Crippen molar-refractivity contribution < 1.29 is 4.42 Å². The molecule has 0 spiro atoms. The largest absolute Gasteiger partial charge is 0.455 e. The Bertz CT molecular complexity index is 2740. The molecule has 4 heteroatoms. The van der Waals surface area contributed by atoms with Gasteiger partial charge in [-0.25, -0.2) is 4.99 Å². The lowest BCUT2D eigenvalue weighted by atomic mass is 9.91. The van der Waals surface area contributed by atoms with Crippen molar-refractivity contribution in [2.45, 2.75) is 12.3 Å². The van der Waals surface area contributed by atoms with Crippen LogP contribution in [0.4, 0.5) is 0 Å². The van der Waals surface area contributed by atoms with Crippen molar-refractivity contribution in [1.82, 2.24) is 10.6 Å². The van der Waals surface area contributed by atoms with Gasteiger partial charge < -0.3 is 9.73 Å². The molecule has 2 N–H and O–H groups in total. The first kappa shape index (κ1) is 27.8. The quantitative estimate of drug-likeness (QED) is 0.190. The van der Waals surface area contributed by atoms with E-state index in [0.29, 0.717) is 0 Å². The average molecular weight is 630 g/mol. The van der Waals surface area contributed by atoms with Gasteiger partial charge in [0.15, 0.2) is 0 Å². The zero-order chi connectivity index (χ0) is 32.3. The highest BCUT2D eigenvalue weighted by atomic mass is 16.3. The lowest BCUT2D eigenvalue weighted by Crippen LogP contribution is -2.45. The summed E-state index contributed by atoms with van der Waals surface area (Å²) in [5.74, 6) is 0.855. The molecule has 1 aliphatic heterocycles.